The number of hydrogen-bond donors (Lipinski definition) is 1. The summed E-state index contributed by atoms with van der Waals surface area (Å²) in [6.45, 7) is 0. The van der Waals surface area contributed by atoms with Crippen LogP contribution in [0.4, 0.5) is 0 Å². The fourth-order valence-corrected chi connectivity index (χ4v) is 3.96. The van der Waals surface area contributed by atoms with Gasteiger partial charge in [-0.3, -0.25) is 14.0 Å². The summed E-state index contributed by atoms with van der Waals surface area (Å²) in [4.78, 5) is 19.9. The van der Waals surface area contributed by atoms with Crippen molar-refractivity contribution in [3.8, 4) is 11.5 Å². The van der Waals surface area contributed by atoms with Gasteiger partial charge in [-0.25, -0.2) is 4.98 Å². The Balaban J connectivity index is 1.97. The van der Waals surface area contributed by atoms with Crippen molar-refractivity contribution in [1.82, 2.24) is 15.3 Å². The van der Waals surface area contributed by atoms with Gasteiger partial charge in [0.25, 0.3) is 5.91 Å². The van der Waals surface area contributed by atoms with E-state index in [-0.39, 0.29) is 11.6 Å². The summed E-state index contributed by atoms with van der Waals surface area (Å²) in [5, 5.41) is 2.89. The molecule has 0 aliphatic heterocycles. The molecule has 0 spiro atoms. The van der Waals surface area contributed by atoms with Gasteiger partial charge in [-0.1, -0.05) is 11.6 Å². The summed E-state index contributed by atoms with van der Waals surface area (Å²) < 4.78 is 18.6. The van der Waals surface area contributed by atoms with E-state index in [0.717, 1.165) is 0 Å². The standard InChI is InChI=1S/C15H12ClN3O3S2/c1-17-14(20)10-7-8(5-6-18-10)22-11-4-3-9-13(12(11)16)23-15(19-9)24(2)21/h3-7H,1-2H3,(H,17,20). The number of carbonyl (C=O) groups excluding carboxylic acids is 1. The molecule has 1 amide bonds. The maximum Gasteiger partial charge on any atom is 0.269 e. The zero-order valence-corrected chi connectivity index (χ0v) is 15.1. The van der Waals surface area contributed by atoms with E-state index in [4.69, 9.17) is 16.3 Å². The predicted molar refractivity (Wildman–Crippen MR) is 94.7 cm³/mol. The van der Waals surface area contributed by atoms with Crippen molar-refractivity contribution < 1.29 is 13.7 Å². The number of benzene rings is 1. The van der Waals surface area contributed by atoms with Gasteiger partial charge in [0.2, 0.25) is 0 Å². The van der Waals surface area contributed by atoms with Crippen LogP contribution in [0.2, 0.25) is 5.02 Å². The first kappa shape index (κ1) is 16.8. The smallest absolute Gasteiger partial charge is 0.269 e. The van der Waals surface area contributed by atoms with Crippen LogP contribution < -0.4 is 10.1 Å². The van der Waals surface area contributed by atoms with Crippen LogP contribution >= 0.6 is 22.9 Å². The molecule has 2 heterocycles. The molecule has 0 bridgehead atoms. The summed E-state index contributed by atoms with van der Waals surface area (Å²) in [6, 6.07) is 6.60. The number of halogens is 1. The van der Waals surface area contributed by atoms with Gasteiger partial charge in [0.15, 0.2) is 4.34 Å². The highest BCUT2D eigenvalue weighted by Gasteiger charge is 2.15. The van der Waals surface area contributed by atoms with Gasteiger partial charge in [-0.2, -0.15) is 0 Å². The molecule has 3 rings (SSSR count). The molecule has 2 aromatic heterocycles. The number of amides is 1. The Morgan fingerprint density at radius 3 is 2.88 bits per heavy atom. The van der Waals surface area contributed by atoms with Crippen molar-refractivity contribution in [2.45, 2.75) is 4.34 Å². The van der Waals surface area contributed by atoms with Crippen LogP contribution in [0.5, 0.6) is 11.5 Å². The maximum absolute atomic E-state index is 11.6. The SMILES string of the molecule is CNC(=O)c1cc(Oc2ccc3nc(S(C)=O)sc3c2Cl)ccn1. The Morgan fingerprint density at radius 2 is 2.17 bits per heavy atom. The van der Waals surface area contributed by atoms with Crippen molar-refractivity contribution in [3.05, 3.63) is 41.2 Å². The highest BCUT2D eigenvalue weighted by atomic mass is 35.5. The molecule has 6 nitrogen and oxygen atoms in total. The Hall–Kier alpha value is -2.03. The first-order chi connectivity index (χ1) is 11.5. The van der Waals surface area contributed by atoms with Gasteiger partial charge in [0.1, 0.15) is 22.2 Å². The normalized spacial score (nSPS) is 12.1. The fraction of sp³-hybridized carbons (Fsp3) is 0.133. The van der Waals surface area contributed by atoms with Crippen molar-refractivity contribution >= 4 is 49.9 Å². The van der Waals surface area contributed by atoms with Crippen LogP contribution in [0.3, 0.4) is 0 Å². The van der Waals surface area contributed by atoms with Crippen LogP contribution in [-0.2, 0) is 10.8 Å². The van der Waals surface area contributed by atoms with E-state index < -0.39 is 10.8 Å². The van der Waals surface area contributed by atoms with E-state index >= 15 is 0 Å². The van der Waals surface area contributed by atoms with E-state index in [2.05, 4.69) is 15.3 Å². The largest absolute Gasteiger partial charge is 0.456 e. The molecule has 1 aromatic carbocycles. The molecule has 0 saturated carbocycles. The molecule has 0 aliphatic carbocycles. The van der Waals surface area contributed by atoms with Crippen LogP contribution in [0, 0.1) is 0 Å². The van der Waals surface area contributed by atoms with Crippen molar-refractivity contribution in [2.24, 2.45) is 0 Å². The van der Waals surface area contributed by atoms with Gasteiger partial charge in [0.05, 0.1) is 21.0 Å². The number of ether oxygens (including phenoxy) is 1. The molecule has 1 N–H and O–H groups in total. The number of aromatic nitrogens is 2. The summed E-state index contributed by atoms with van der Waals surface area (Å²) in [6.07, 6.45) is 3.05. The number of nitrogens with one attached hydrogen (secondary N) is 1. The molecular weight excluding hydrogens is 370 g/mol. The molecule has 124 valence electrons. The zero-order chi connectivity index (χ0) is 17.3. The Morgan fingerprint density at radius 1 is 1.38 bits per heavy atom. The molecule has 0 radical (unpaired) electrons. The molecule has 0 fully saturated rings. The van der Waals surface area contributed by atoms with Crippen LogP contribution in [0.15, 0.2) is 34.8 Å². The van der Waals surface area contributed by atoms with E-state index in [9.17, 15) is 9.00 Å². The lowest BCUT2D eigenvalue weighted by Gasteiger charge is -2.08. The summed E-state index contributed by atoms with van der Waals surface area (Å²) in [5.41, 5.74) is 0.914. The molecule has 9 heteroatoms. The molecule has 0 saturated heterocycles. The lowest BCUT2D eigenvalue weighted by Crippen LogP contribution is -2.18. The number of fused-ring (bicyclic) bond motifs is 1. The third-order valence-electron chi connectivity index (χ3n) is 3.11. The first-order valence-electron chi connectivity index (χ1n) is 6.78. The summed E-state index contributed by atoms with van der Waals surface area (Å²) >= 11 is 7.66. The highest BCUT2D eigenvalue weighted by Crippen LogP contribution is 2.39. The second-order valence-corrected chi connectivity index (χ2v) is 7.65. The van der Waals surface area contributed by atoms with Gasteiger partial charge in [-0.05, 0) is 18.2 Å². The molecule has 1 atom stereocenters. The topological polar surface area (TPSA) is 81.2 Å². The van der Waals surface area contributed by atoms with Crippen molar-refractivity contribution in [3.63, 3.8) is 0 Å². The van der Waals surface area contributed by atoms with Gasteiger partial charge < -0.3 is 10.1 Å². The lowest BCUT2D eigenvalue weighted by atomic mass is 10.3. The van der Waals surface area contributed by atoms with Gasteiger partial charge in [-0.15, -0.1) is 11.3 Å². The number of carbonyl (C=O) groups is 1. The molecule has 24 heavy (non-hydrogen) atoms. The zero-order valence-electron chi connectivity index (χ0n) is 12.7. The minimum Gasteiger partial charge on any atom is -0.456 e. The molecular formula is C15H12ClN3O3S2. The Kier molecular flexibility index (Phi) is 4.79. The summed E-state index contributed by atoms with van der Waals surface area (Å²) in [7, 11) is 0.360. The maximum atomic E-state index is 11.6. The number of thiazole rings is 1. The fourth-order valence-electron chi connectivity index (χ4n) is 1.98. The number of rotatable bonds is 4. The van der Waals surface area contributed by atoms with E-state index in [1.165, 1.54) is 30.6 Å². The molecule has 3 aromatic rings. The number of nitrogens with zero attached hydrogens (tertiary/aromatic N) is 2. The Bertz CT molecular complexity index is 958. The number of pyridine rings is 1. The lowest BCUT2D eigenvalue weighted by molar-refractivity contribution is 0.0958. The Labute approximate surface area is 149 Å². The van der Waals surface area contributed by atoms with E-state index in [1.54, 1.807) is 24.5 Å². The number of hydrogen-bond acceptors (Lipinski definition) is 6. The van der Waals surface area contributed by atoms with E-state index in [1.807, 2.05) is 0 Å². The van der Waals surface area contributed by atoms with Gasteiger partial charge in [0, 0.05) is 25.6 Å². The first-order valence-corrected chi connectivity index (χ1v) is 9.53. The van der Waals surface area contributed by atoms with Crippen LogP contribution in [0.25, 0.3) is 10.2 Å². The van der Waals surface area contributed by atoms with Crippen LogP contribution in [0.1, 0.15) is 10.5 Å². The highest BCUT2D eigenvalue weighted by molar-refractivity contribution is 7.86. The van der Waals surface area contributed by atoms with Crippen molar-refractivity contribution in [2.75, 3.05) is 13.3 Å². The van der Waals surface area contributed by atoms with E-state index in [0.29, 0.717) is 31.1 Å². The average Bonchev–Trinajstić information content (AvgIpc) is 3.02. The monoisotopic (exact) mass is 381 g/mol. The second-order valence-electron chi connectivity index (χ2n) is 4.72. The average molecular weight is 382 g/mol. The quantitative estimate of drug-likeness (QED) is 0.750. The van der Waals surface area contributed by atoms with Crippen molar-refractivity contribution in [1.29, 1.82) is 0 Å². The summed E-state index contributed by atoms with van der Waals surface area (Å²) in [5.74, 6) is 0.559. The molecule has 1 unspecified atom stereocenters. The third-order valence-corrected chi connectivity index (χ3v) is 6.01. The minimum atomic E-state index is -1.17. The molecule has 0 aliphatic rings. The third kappa shape index (κ3) is 3.26. The predicted octanol–water partition coefficient (Wildman–Crippen LogP) is 3.23. The van der Waals surface area contributed by atoms with Crippen LogP contribution in [-0.4, -0.2) is 33.4 Å². The second kappa shape index (κ2) is 6.84. The minimum absolute atomic E-state index is 0.244. The van der Waals surface area contributed by atoms with Gasteiger partial charge >= 0.3 is 0 Å².